The Morgan fingerprint density at radius 3 is 2.66 bits per heavy atom. The van der Waals surface area contributed by atoms with Crippen LogP contribution in [0.4, 0.5) is 5.69 Å². The Morgan fingerprint density at radius 2 is 1.91 bits per heavy atom. The molecular weight excluding hydrogens is 406 g/mol. The van der Waals surface area contributed by atoms with Gasteiger partial charge in [-0.1, -0.05) is 41.6 Å². The summed E-state index contributed by atoms with van der Waals surface area (Å²) in [6, 6.07) is 23.9. The van der Waals surface area contributed by atoms with Crippen LogP contribution in [0.15, 0.2) is 78.0 Å². The molecule has 32 heavy (non-hydrogen) atoms. The van der Waals surface area contributed by atoms with Gasteiger partial charge in [0, 0.05) is 11.3 Å². The van der Waals surface area contributed by atoms with Crippen LogP contribution in [-0.4, -0.2) is 25.3 Å². The van der Waals surface area contributed by atoms with Crippen LogP contribution < -0.4 is 14.8 Å². The monoisotopic (exact) mass is 429 g/mol. The lowest BCUT2D eigenvalue weighted by Crippen LogP contribution is -2.26. The number of hydrogen-bond acceptors (Lipinski definition) is 6. The summed E-state index contributed by atoms with van der Waals surface area (Å²) < 4.78 is 11.3. The van der Waals surface area contributed by atoms with Crippen LogP contribution in [0.3, 0.4) is 0 Å². The molecule has 0 spiro atoms. The average molecular weight is 429 g/mol. The molecular formula is C25H23N3O4. The summed E-state index contributed by atoms with van der Waals surface area (Å²) in [6.07, 6.45) is 0.663. The molecule has 7 heteroatoms. The number of carbonyl (C=O) groups excluding carboxylic acids is 1. The minimum absolute atomic E-state index is 0.375. The van der Waals surface area contributed by atoms with Gasteiger partial charge in [0.15, 0.2) is 11.5 Å². The summed E-state index contributed by atoms with van der Waals surface area (Å²) in [6.45, 7) is 2.01. The van der Waals surface area contributed by atoms with Crippen molar-refractivity contribution >= 4 is 17.8 Å². The maximum atomic E-state index is 12.3. The summed E-state index contributed by atoms with van der Waals surface area (Å²) in [5, 5.41) is 15.5. The van der Waals surface area contributed by atoms with Crippen LogP contribution in [0.5, 0.6) is 11.5 Å². The highest BCUT2D eigenvalue weighted by molar-refractivity contribution is 5.94. The third-order valence-corrected chi connectivity index (χ3v) is 4.47. The third kappa shape index (κ3) is 6.34. The highest BCUT2D eigenvalue weighted by Gasteiger charge is 2.14. The Labute approximate surface area is 186 Å². The Kier molecular flexibility index (Phi) is 7.82. The molecule has 0 aliphatic carbocycles. The summed E-state index contributed by atoms with van der Waals surface area (Å²) in [4.78, 5) is 17.5. The fourth-order valence-corrected chi connectivity index (χ4v) is 2.76. The van der Waals surface area contributed by atoms with Crippen LogP contribution in [0, 0.1) is 11.3 Å². The van der Waals surface area contributed by atoms with E-state index in [-0.39, 0.29) is 5.91 Å². The van der Waals surface area contributed by atoms with E-state index in [2.05, 4.69) is 10.5 Å². The normalized spacial score (nSPS) is 11.4. The number of nitriles is 1. The van der Waals surface area contributed by atoms with E-state index in [1.54, 1.807) is 50.4 Å². The molecule has 0 bridgehead atoms. The first-order valence-corrected chi connectivity index (χ1v) is 9.94. The number of oxime groups is 1. The van der Waals surface area contributed by atoms with Gasteiger partial charge >= 0.3 is 0 Å². The molecule has 0 aromatic heterocycles. The number of methoxy groups -OCH3 is 1. The van der Waals surface area contributed by atoms with E-state index in [9.17, 15) is 4.79 Å². The molecule has 7 nitrogen and oxygen atoms in total. The molecule has 1 amide bonds. The number of nitrogens with zero attached hydrogens (tertiary/aromatic N) is 2. The minimum Gasteiger partial charge on any atom is -0.493 e. The predicted molar refractivity (Wildman–Crippen MR) is 122 cm³/mol. The quantitative estimate of drug-likeness (QED) is 0.399. The van der Waals surface area contributed by atoms with Crippen LogP contribution in [0.1, 0.15) is 23.6 Å². The smallest absolute Gasteiger partial charge is 0.267 e. The first-order valence-electron chi connectivity index (χ1n) is 9.94. The first kappa shape index (κ1) is 22.4. The molecule has 1 N–H and O–H groups in total. The van der Waals surface area contributed by atoms with Crippen LogP contribution in [-0.2, 0) is 16.2 Å². The molecule has 3 aromatic carbocycles. The van der Waals surface area contributed by atoms with E-state index in [4.69, 9.17) is 19.6 Å². The van der Waals surface area contributed by atoms with Crippen LogP contribution in [0.25, 0.3) is 0 Å². The van der Waals surface area contributed by atoms with E-state index in [0.29, 0.717) is 29.4 Å². The summed E-state index contributed by atoms with van der Waals surface area (Å²) in [5.41, 5.74) is 2.76. The molecule has 3 rings (SSSR count). The van der Waals surface area contributed by atoms with Gasteiger partial charge in [-0.3, -0.25) is 4.79 Å². The fourth-order valence-electron chi connectivity index (χ4n) is 2.76. The Hall–Kier alpha value is -4.31. The van der Waals surface area contributed by atoms with E-state index in [1.165, 1.54) is 6.21 Å². The van der Waals surface area contributed by atoms with E-state index < -0.39 is 6.10 Å². The number of amides is 1. The van der Waals surface area contributed by atoms with Gasteiger partial charge in [-0.15, -0.1) is 0 Å². The maximum absolute atomic E-state index is 12.3. The fraction of sp³-hybridized carbons (Fsp3) is 0.160. The lowest BCUT2D eigenvalue weighted by Gasteiger charge is -2.12. The number of carbonyl (C=O) groups is 1. The second-order valence-corrected chi connectivity index (χ2v) is 6.85. The Morgan fingerprint density at radius 1 is 1.09 bits per heavy atom. The van der Waals surface area contributed by atoms with Gasteiger partial charge in [-0.05, 0) is 48.9 Å². The number of ether oxygens (including phenoxy) is 2. The molecule has 0 saturated carbocycles. The standard InChI is InChI=1S/C25H23N3O4/c1-18(25(29)28-22-10-6-9-20(13-22)15-26)32-27-16-21-11-12-23(24(14-21)30-2)31-17-19-7-4-3-5-8-19/h3-14,16,18H,17H2,1-2H3,(H,28,29)/b27-16+. The second kappa shape index (κ2) is 11.2. The Balaban J connectivity index is 1.55. The van der Waals surface area contributed by atoms with Crippen molar-refractivity contribution in [2.24, 2.45) is 5.16 Å². The summed E-state index contributed by atoms with van der Waals surface area (Å²) in [5.74, 6) is 0.800. The van der Waals surface area contributed by atoms with Crippen molar-refractivity contribution in [1.29, 1.82) is 5.26 Å². The Bertz CT molecular complexity index is 1120. The molecule has 1 atom stereocenters. The van der Waals surface area contributed by atoms with E-state index in [1.807, 2.05) is 42.5 Å². The van der Waals surface area contributed by atoms with E-state index in [0.717, 1.165) is 11.1 Å². The van der Waals surface area contributed by atoms with Crippen molar-refractivity contribution in [3.05, 3.63) is 89.5 Å². The molecule has 0 aliphatic rings. The molecule has 162 valence electrons. The highest BCUT2D eigenvalue weighted by Crippen LogP contribution is 2.28. The number of rotatable bonds is 9. The number of anilines is 1. The number of hydrogen-bond donors (Lipinski definition) is 1. The molecule has 0 fully saturated rings. The van der Waals surface area contributed by atoms with Crippen molar-refractivity contribution in [1.82, 2.24) is 0 Å². The van der Waals surface area contributed by atoms with Crippen LogP contribution >= 0.6 is 0 Å². The average Bonchev–Trinajstić information content (AvgIpc) is 2.83. The molecule has 0 saturated heterocycles. The van der Waals surface area contributed by atoms with Gasteiger partial charge in [0.2, 0.25) is 6.10 Å². The van der Waals surface area contributed by atoms with Gasteiger partial charge in [-0.25, -0.2) is 0 Å². The number of nitrogens with one attached hydrogen (secondary N) is 1. The van der Waals surface area contributed by atoms with Crippen molar-refractivity contribution in [2.45, 2.75) is 19.6 Å². The maximum Gasteiger partial charge on any atom is 0.267 e. The van der Waals surface area contributed by atoms with Crippen molar-refractivity contribution in [2.75, 3.05) is 12.4 Å². The number of benzene rings is 3. The van der Waals surface area contributed by atoms with Gasteiger partial charge < -0.3 is 19.6 Å². The van der Waals surface area contributed by atoms with Gasteiger partial charge in [0.05, 0.1) is 25.0 Å². The van der Waals surface area contributed by atoms with Crippen molar-refractivity contribution < 1.29 is 19.1 Å². The molecule has 0 heterocycles. The molecule has 1 unspecified atom stereocenters. The first-order chi connectivity index (χ1) is 15.6. The van der Waals surface area contributed by atoms with Gasteiger partial charge in [0.1, 0.15) is 6.61 Å². The van der Waals surface area contributed by atoms with Crippen molar-refractivity contribution in [3.8, 4) is 17.6 Å². The largest absolute Gasteiger partial charge is 0.493 e. The van der Waals surface area contributed by atoms with Gasteiger partial charge in [-0.2, -0.15) is 5.26 Å². The lowest BCUT2D eigenvalue weighted by atomic mass is 10.2. The zero-order chi connectivity index (χ0) is 22.8. The zero-order valence-electron chi connectivity index (χ0n) is 17.8. The summed E-state index contributed by atoms with van der Waals surface area (Å²) >= 11 is 0. The van der Waals surface area contributed by atoms with E-state index >= 15 is 0 Å². The third-order valence-electron chi connectivity index (χ3n) is 4.47. The van der Waals surface area contributed by atoms with Gasteiger partial charge in [0.25, 0.3) is 5.91 Å². The minimum atomic E-state index is -0.827. The zero-order valence-corrected chi connectivity index (χ0v) is 17.8. The molecule has 0 radical (unpaired) electrons. The van der Waals surface area contributed by atoms with Crippen molar-refractivity contribution in [3.63, 3.8) is 0 Å². The molecule has 3 aromatic rings. The lowest BCUT2D eigenvalue weighted by molar-refractivity contribution is -0.126. The highest BCUT2D eigenvalue weighted by atomic mass is 16.6. The predicted octanol–water partition coefficient (Wildman–Crippen LogP) is 4.52. The molecule has 0 aliphatic heterocycles. The SMILES string of the molecule is COc1cc(/C=N/OC(C)C(=O)Nc2cccc(C#N)c2)ccc1OCc1ccccc1. The van der Waals surface area contributed by atoms with Crippen LogP contribution in [0.2, 0.25) is 0 Å². The summed E-state index contributed by atoms with van der Waals surface area (Å²) in [7, 11) is 1.57. The topological polar surface area (TPSA) is 92.9 Å². The second-order valence-electron chi connectivity index (χ2n) is 6.85.